The van der Waals surface area contributed by atoms with E-state index in [1.54, 1.807) is 24.3 Å². The predicted octanol–water partition coefficient (Wildman–Crippen LogP) is 4.60. The highest BCUT2D eigenvalue weighted by molar-refractivity contribution is 5.89. The van der Waals surface area contributed by atoms with Crippen molar-refractivity contribution in [3.63, 3.8) is 0 Å². The summed E-state index contributed by atoms with van der Waals surface area (Å²) >= 11 is 0. The van der Waals surface area contributed by atoms with Crippen molar-refractivity contribution in [2.45, 2.75) is 32.0 Å². The van der Waals surface area contributed by atoms with Crippen molar-refractivity contribution in [2.24, 2.45) is 0 Å². The highest BCUT2D eigenvalue weighted by atomic mass is 16.2. The maximum atomic E-state index is 12.9. The van der Waals surface area contributed by atoms with Crippen LogP contribution in [0.15, 0.2) is 72.9 Å². The van der Waals surface area contributed by atoms with E-state index in [1.165, 1.54) is 5.56 Å². The largest absolute Gasteiger partial charge is 0.345 e. The number of hydrogen-bond donors (Lipinski definition) is 1. The molecule has 2 amide bonds. The Morgan fingerprint density at radius 2 is 1.82 bits per heavy atom. The molecule has 2 aromatic carbocycles. The van der Waals surface area contributed by atoms with Gasteiger partial charge >= 0.3 is 6.03 Å². The van der Waals surface area contributed by atoms with Crippen molar-refractivity contribution in [1.82, 2.24) is 9.47 Å². The number of nitrogens with one attached hydrogen (secondary N) is 1. The summed E-state index contributed by atoms with van der Waals surface area (Å²) in [5.74, 6) is 0. The van der Waals surface area contributed by atoms with Gasteiger partial charge in [-0.2, -0.15) is 5.26 Å². The minimum Gasteiger partial charge on any atom is -0.345 e. The van der Waals surface area contributed by atoms with Gasteiger partial charge in [-0.15, -0.1) is 0 Å². The molecule has 1 N–H and O–H groups in total. The topological polar surface area (TPSA) is 61.1 Å². The number of aromatic nitrogens is 1. The number of anilines is 1. The molecule has 28 heavy (non-hydrogen) atoms. The summed E-state index contributed by atoms with van der Waals surface area (Å²) in [4.78, 5) is 14.8. The third-order valence-corrected chi connectivity index (χ3v) is 4.97. The Kier molecular flexibility index (Phi) is 5.11. The molecule has 1 aliphatic rings. The van der Waals surface area contributed by atoms with Gasteiger partial charge in [0.05, 0.1) is 18.2 Å². The number of carbonyl (C=O) groups is 1. The second kappa shape index (κ2) is 8.01. The lowest BCUT2D eigenvalue weighted by molar-refractivity contribution is 0.204. The van der Waals surface area contributed by atoms with Crippen molar-refractivity contribution < 1.29 is 4.79 Å². The van der Waals surface area contributed by atoms with Crippen LogP contribution in [0.4, 0.5) is 10.5 Å². The van der Waals surface area contributed by atoms with E-state index in [0.29, 0.717) is 23.8 Å². The molecule has 3 aromatic rings. The Balaban J connectivity index is 1.46. The molecular weight excluding hydrogens is 348 g/mol. The number of benzene rings is 2. The maximum Gasteiger partial charge on any atom is 0.322 e. The summed E-state index contributed by atoms with van der Waals surface area (Å²) in [6.45, 7) is 1.37. The first kappa shape index (κ1) is 17.9. The summed E-state index contributed by atoms with van der Waals surface area (Å²) < 4.78 is 2.19. The monoisotopic (exact) mass is 370 g/mol. The first-order chi connectivity index (χ1) is 13.7. The van der Waals surface area contributed by atoms with Crippen LogP contribution in [0, 0.1) is 11.3 Å². The van der Waals surface area contributed by atoms with Gasteiger partial charge in [0.2, 0.25) is 0 Å². The SMILES string of the molecule is N#Cc1ccc(NC(=O)N(Cc2cccn2Cc2ccccc2)C2CC2)cc1. The second-order valence-corrected chi connectivity index (χ2v) is 7.09. The van der Waals surface area contributed by atoms with Crippen LogP contribution in [0.3, 0.4) is 0 Å². The number of urea groups is 1. The van der Waals surface area contributed by atoms with Crippen LogP contribution >= 0.6 is 0 Å². The summed E-state index contributed by atoms with van der Waals surface area (Å²) in [6.07, 6.45) is 4.15. The molecule has 1 saturated carbocycles. The number of carbonyl (C=O) groups excluding carboxylic acids is 1. The fourth-order valence-electron chi connectivity index (χ4n) is 3.28. The Labute approximate surface area is 164 Å². The second-order valence-electron chi connectivity index (χ2n) is 7.09. The van der Waals surface area contributed by atoms with E-state index in [-0.39, 0.29) is 6.03 Å². The molecule has 0 radical (unpaired) electrons. The van der Waals surface area contributed by atoms with Crippen molar-refractivity contribution in [3.8, 4) is 6.07 Å². The highest BCUT2D eigenvalue weighted by Gasteiger charge is 2.33. The highest BCUT2D eigenvalue weighted by Crippen LogP contribution is 2.29. The fourth-order valence-corrected chi connectivity index (χ4v) is 3.28. The van der Waals surface area contributed by atoms with Crippen LogP contribution in [0.25, 0.3) is 0 Å². The van der Waals surface area contributed by atoms with Gasteiger partial charge in [0.1, 0.15) is 0 Å². The van der Waals surface area contributed by atoms with Gasteiger partial charge in [0.15, 0.2) is 0 Å². The van der Waals surface area contributed by atoms with Crippen LogP contribution in [0.2, 0.25) is 0 Å². The van der Waals surface area contributed by atoms with Gasteiger partial charge < -0.3 is 14.8 Å². The minimum absolute atomic E-state index is 0.0975. The fraction of sp³-hybridized carbons (Fsp3) is 0.217. The van der Waals surface area contributed by atoms with Gasteiger partial charge in [0.25, 0.3) is 0 Å². The normalized spacial score (nSPS) is 13.0. The maximum absolute atomic E-state index is 12.9. The van der Waals surface area contributed by atoms with Crippen molar-refractivity contribution in [1.29, 1.82) is 5.26 Å². The van der Waals surface area contributed by atoms with Crippen LogP contribution in [-0.2, 0) is 13.1 Å². The standard InChI is InChI=1S/C23H22N4O/c24-15-18-8-10-20(11-9-18)25-23(28)27(21-12-13-21)17-22-7-4-14-26(22)16-19-5-2-1-3-6-19/h1-11,14,21H,12-13,16-17H2,(H,25,28). The smallest absolute Gasteiger partial charge is 0.322 e. The van der Waals surface area contributed by atoms with Crippen LogP contribution in [-0.4, -0.2) is 21.5 Å². The molecule has 0 bridgehead atoms. The molecule has 1 fully saturated rings. The lowest BCUT2D eigenvalue weighted by Gasteiger charge is -2.24. The zero-order valence-electron chi connectivity index (χ0n) is 15.6. The van der Waals surface area contributed by atoms with E-state index in [1.807, 2.05) is 29.2 Å². The quantitative estimate of drug-likeness (QED) is 0.689. The molecule has 5 heteroatoms. The third kappa shape index (κ3) is 4.24. The Bertz CT molecular complexity index is 981. The molecule has 140 valence electrons. The van der Waals surface area contributed by atoms with Gasteiger partial charge in [-0.25, -0.2) is 4.79 Å². The number of nitrogens with zero attached hydrogens (tertiary/aromatic N) is 3. The van der Waals surface area contributed by atoms with E-state index in [4.69, 9.17) is 5.26 Å². The van der Waals surface area contributed by atoms with Crippen molar-refractivity contribution in [2.75, 3.05) is 5.32 Å². The third-order valence-electron chi connectivity index (χ3n) is 4.97. The zero-order chi connectivity index (χ0) is 19.3. The van der Waals surface area contributed by atoms with E-state index < -0.39 is 0 Å². The average Bonchev–Trinajstić information content (AvgIpc) is 3.48. The number of nitriles is 1. The van der Waals surface area contributed by atoms with Crippen molar-refractivity contribution >= 4 is 11.7 Å². The molecule has 0 atom stereocenters. The summed E-state index contributed by atoms with van der Waals surface area (Å²) in [5.41, 5.74) is 3.63. The average molecular weight is 370 g/mol. The zero-order valence-corrected chi connectivity index (χ0v) is 15.6. The molecule has 1 aliphatic carbocycles. The summed E-state index contributed by atoms with van der Waals surface area (Å²) in [7, 11) is 0. The Morgan fingerprint density at radius 1 is 1.07 bits per heavy atom. The number of amides is 2. The van der Waals surface area contributed by atoms with Gasteiger partial charge in [0, 0.05) is 30.2 Å². The number of rotatable bonds is 6. The number of hydrogen-bond acceptors (Lipinski definition) is 2. The lowest BCUT2D eigenvalue weighted by atomic mass is 10.2. The molecule has 0 saturated heterocycles. The van der Waals surface area contributed by atoms with E-state index in [2.05, 4.69) is 40.3 Å². The Morgan fingerprint density at radius 3 is 2.50 bits per heavy atom. The first-order valence-electron chi connectivity index (χ1n) is 9.48. The van der Waals surface area contributed by atoms with Crippen LogP contribution < -0.4 is 5.32 Å². The van der Waals surface area contributed by atoms with Gasteiger partial charge in [-0.1, -0.05) is 30.3 Å². The first-order valence-corrected chi connectivity index (χ1v) is 9.48. The minimum atomic E-state index is -0.0975. The van der Waals surface area contributed by atoms with E-state index in [9.17, 15) is 4.79 Å². The van der Waals surface area contributed by atoms with Crippen molar-refractivity contribution in [3.05, 3.63) is 89.7 Å². The predicted molar refractivity (Wildman–Crippen MR) is 109 cm³/mol. The molecular formula is C23H22N4O. The summed E-state index contributed by atoms with van der Waals surface area (Å²) in [5, 5.41) is 11.9. The Hall–Kier alpha value is -3.52. The molecule has 0 spiro atoms. The molecule has 5 nitrogen and oxygen atoms in total. The van der Waals surface area contributed by atoms with E-state index in [0.717, 1.165) is 25.1 Å². The van der Waals surface area contributed by atoms with Gasteiger partial charge in [-0.3, -0.25) is 0 Å². The van der Waals surface area contributed by atoms with Crippen LogP contribution in [0.1, 0.15) is 29.7 Å². The molecule has 0 aliphatic heterocycles. The summed E-state index contributed by atoms with van der Waals surface area (Å²) in [6, 6.07) is 23.7. The molecule has 1 heterocycles. The molecule has 0 unspecified atom stereocenters. The van der Waals surface area contributed by atoms with Gasteiger partial charge in [-0.05, 0) is 54.8 Å². The molecule has 1 aromatic heterocycles. The lowest BCUT2D eigenvalue weighted by Crippen LogP contribution is -2.36. The van der Waals surface area contributed by atoms with E-state index >= 15 is 0 Å². The van der Waals surface area contributed by atoms with Crippen LogP contribution in [0.5, 0.6) is 0 Å². The molecule has 4 rings (SSSR count).